The number of alkyl halides is 2. The topological polar surface area (TPSA) is 74.4 Å². The number of piperazine rings is 1. The van der Waals surface area contributed by atoms with E-state index in [4.69, 9.17) is 4.42 Å². The number of benzene rings is 1. The predicted octanol–water partition coefficient (Wildman–Crippen LogP) is 3.19. The van der Waals surface area contributed by atoms with Crippen LogP contribution in [0.25, 0.3) is 21.7 Å². The Balaban J connectivity index is 1.63. The molecule has 5 rings (SSSR count). The highest BCUT2D eigenvalue weighted by Crippen LogP contribution is 2.38. The lowest BCUT2D eigenvalue weighted by molar-refractivity contribution is -0.00503. The van der Waals surface area contributed by atoms with Crippen LogP contribution in [0.15, 0.2) is 28.1 Å². The zero-order valence-electron chi connectivity index (χ0n) is 14.3. The minimum absolute atomic E-state index is 0.0772. The first kappa shape index (κ1) is 17.0. The number of aliphatic hydroxyl groups excluding tert-OH is 1. The molecule has 0 aliphatic carbocycles. The second-order valence-electron chi connectivity index (χ2n) is 7.04. The summed E-state index contributed by atoms with van der Waals surface area (Å²) < 4.78 is 32.4. The highest BCUT2D eigenvalue weighted by molar-refractivity contribution is 7.13. The fraction of sp³-hybridized carbons (Fsp3) is 0.444. The monoisotopic (exact) mass is 392 g/mol. The van der Waals surface area contributed by atoms with Gasteiger partial charge < -0.3 is 19.7 Å². The molecule has 2 bridgehead atoms. The van der Waals surface area contributed by atoms with Crippen LogP contribution in [0.5, 0.6) is 0 Å². The van der Waals surface area contributed by atoms with E-state index >= 15 is 0 Å². The van der Waals surface area contributed by atoms with E-state index in [9.17, 15) is 13.9 Å². The Morgan fingerprint density at radius 1 is 1.26 bits per heavy atom. The average molecular weight is 392 g/mol. The zero-order valence-corrected chi connectivity index (χ0v) is 15.1. The summed E-state index contributed by atoms with van der Waals surface area (Å²) in [6, 6.07) is 4.35. The molecule has 3 unspecified atom stereocenters. The molecule has 2 fully saturated rings. The van der Waals surface area contributed by atoms with Crippen LogP contribution >= 0.6 is 11.3 Å². The highest BCUT2D eigenvalue weighted by atomic mass is 32.1. The Morgan fingerprint density at radius 2 is 2.04 bits per heavy atom. The summed E-state index contributed by atoms with van der Waals surface area (Å²) in [5.41, 5.74) is 1.44. The van der Waals surface area contributed by atoms with E-state index in [-0.39, 0.29) is 11.1 Å². The van der Waals surface area contributed by atoms with Gasteiger partial charge in [-0.25, -0.2) is 13.8 Å². The lowest BCUT2D eigenvalue weighted by Crippen LogP contribution is -2.51. The molecule has 6 nitrogen and oxygen atoms in total. The molecular weight excluding hydrogens is 374 g/mol. The van der Waals surface area contributed by atoms with Crippen LogP contribution < -0.4 is 10.2 Å². The second kappa shape index (κ2) is 6.50. The van der Waals surface area contributed by atoms with Gasteiger partial charge in [0.2, 0.25) is 0 Å². The van der Waals surface area contributed by atoms with Gasteiger partial charge in [0.05, 0.1) is 5.56 Å². The lowest BCUT2D eigenvalue weighted by Gasteiger charge is -2.31. The molecule has 2 N–H and O–H groups in total. The number of nitrogens with one attached hydrogen (secondary N) is 1. The molecule has 0 amide bonds. The molecule has 9 heteroatoms. The van der Waals surface area contributed by atoms with Crippen molar-refractivity contribution in [3.8, 4) is 10.6 Å². The van der Waals surface area contributed by atoms with Crippen LogP contribution in [0, 0.1) is 0 Å². The number of halogens is 2. The van der Waals surface area contributed by atoms with E-state index in [0.29, 0.717) is 29.2 Å². The number of hydrogen-bond donors (Lipinski definition) is 2. The maximum Gasteiger partial charge on any atom is 0.298 e. The van der Waals surface area contributed by atoms with E-state index < -0.39 is 12.5 Å². The minimum Gasteiger partial charge on any atom is -0.423 e. The molecule has 2 aliphatic heterocycles. The Kier molecular flexibility index (Phi) is 4.10. The fourth-order valence-corrected chi connectivity index (χ4v) is 4.66. The number of rotatable bonds is 4. The number of anilines is 1. The van der Waals surface area contributed by atoms with Gasteiger partial charge in [0.15, 0.2) is 5.58 Å². The maximum absolute atomic E-state index is 13.2. The first-order valence-electron chi connectivity index (χ1n) is 8.90. The van der Waals surface area contributed by atoms with Gasteiger partial charge in [-0.2, -0.15) is 4.98 Å². The van der Waals surface area contributed by atoms with E-state index in [1.54, 1.807) is 12.3 Å². The summed E-state index contributed by atoms with van der Waals surface area (Å²) in [6.07, 6.45) is -0.898. The van der Waals surface area contributed by atoms with Gasteiger partial charge in [0.25, 0.3) is 12.4 Å². The van der Waals surface area contributed by atoms with Gasteiger partial charge >= 0.3 is 0 Å². The number of aromatic nitrogens is 2. The van der Waals surface area contributed by atoms with Gasteiger partial charge in [0, 0.05) is 42.3 Å². The number of aliphatic hydroxyl groups is 1. The summed E-state index contributed by atoms with van der Waals surface area (Å²) in [4.78, 5) is 10.9. The van der Waals surface area contributed by atoms with Crippen molar-refractivity contribution in [3.05, 3.63) is 29.3 Å². The van der Waals surface area contributed by atoms with Crippen molar-refractivity contribution in [1.29, 1.82) is 0 Å². The van der Waals surface area contributed by atoms with Crippen LogP contribution in [0.2, 0.25) is 0 Å². The first-order chi connectivity index (χ1) is 13.1. The summed E-state index contributed by atoms with van der Waals surface area (Å²) in [5.74, 6) is 0. The number of thiazole rings is 1. The van der Waals surface area contributed by atoms with E-state index in [0.717, 1.165) is 30.9 Å². The van der Waals surface area contributed by atoms with Gasteiger partial charge in [-0.3, -0.25) is 0 Å². The third-order valence-corrected chi connectivity index (χ3v) is 6.08. The molecule has 2 saturated heterocycles. The Labute approximate surface area is 157 Å². The van der Waals surface area contributed by atoms with Crippen molar-refractivity contribution in [3.63, 3.8) is 0 Å². The molecule has 3 atom stereocenters. The molecule has 3 aromatic rings. The van der Waals surface area contributed by atoms with Crippen LogP contribution in [-0.2, 0) is 0 Å². The Hall–Kier alpha value is -2.10. The molecular formula is C18H18F2N4O2S. The van der Waals surface area contributed by atoms with E-state index in [1.807, 2.05) is 5.38 Å². The normalized spacial score (nSPS) is 23.5. The van der Waals surface area contributed by atoms with E-state index in [1.165, 1.54) is 17.4 Å². The van der Waals surface area contributed by atoms with Gasteiger partial charge in [0.1, 0.15) is 16.6 Å². The van der Waals surface area contributed by atoms with Crippen molar-refractivity contribution in [2.45, 2.75) is 37.5 Å². The van der Waals surface area contributed by atoms with Crippen molar-refractivity contribution >= 4 is 28.5 Å². The van der Waals surface area contributed by atoms with Crippen LogP contribution in [0.3, 0.4) is 0 Å². The highest BCUT2D eigenvalue weighted by Gasteiger charge is 2.35. The van der Waals surface area contributed by atoms with Crippen molar-refractivity contribution in [2.75, 3.05) is 18.0 Å². The number of oxazole rings is 1. The van der Waals surface area contributed by atoms with Crippen molar-refractivity contribution < 1.29 is 18.3 Å². The second-order valence-corrected chi connectivity index (χ2v) is 7.93. The molecule has 1 aromatic carbocycles. The Morgan fingerprint density at radius 3 is 2.70 bits per heavy atom. The molecule has 0 radical (unpaired) electrons. The largest absolute Gasteiger partial charge is 0.423 e. The summed E-state index contributed by atoms with van der Waals surface area (Å²) in [5, 5.41) is 16.1. The fourth-order valence-electron chi connectivity index (χ4n) is 4.00. The number of fused-ring (bicyclic) bond motifs is 3. The molecule has 2 aromatic heterocycles. The summed E-state index contributed by atoms with van der Waals surface area (Å²) in [6.45, 7) is 1.53. The Bertz CT molecular complexity index is 950. The molecule has 27 heavy (non-hydrogen) atoms. The third-order valence-electron chi connectivity index (χ3n) is 5.27. The number of nitrogens with zero attached hydrogens (tertiary/aromatic N) is 3. The van der Waals surface area contributed by atoms with Gasteiger partial charge in [-0.05, 0) is 18.9 Å². The third kappa shape index (κ3) is 2.90. The molecule has 2 aliphatic rings. The quantitative estimate of drug-likeness (QED) is 0.710. The lowest BCUT2D eigenvalue weighted by atomic mass is 10.0. The zero-order chi connectivity index (χ0) is 18.5. The number of hydrogen-bond acceptors (Lipinski definition) is 7. The summed E-state index contributed by atoms with van der Waals surface area (Å²) >= 11 is 1.43. The van der Waals surface area contributed by atoms with Crippen molar-refractivity contribution in [2.24, 2.45) is 0 Å². The molecule has 0 saturated carbocycles. The van der Waals surface area contributed by atoms with Crippen LogP contribution in [-0.4, -0.2) is 46.7 Å². The van der Waals surface area contributed by atoms with E-state index in [2.05, 4.69) is 20.2 Å². The predicted molar refractivity (Wildman–Crippen MR) is 98.2 cm³/mol. The standard InChI is InChI=1S/C18H18F2N4O2S/c19-16(20)14(25)11-3-4-12(17-21-5-6-27-17)15-13(11)23-18(26-15)24-7-9-1-2-10(8-24)22-9/h3-6,9-10,14,16,22,25H,1-2,7-8H2. The first-order valence-corrected chi connectivity index (χ1v) is 9.78. The van der Waals surface area contributed by atoms with Crippen LogP contribution in [0.4, 0.5) is 14.8 Å². The average Bonchev–Trinajstić information content (AvgIpc) is 3.40. The SMILES string of the molecule is OC(c1ccc(-c2nccs2)c2oc(N3CC4CCC(C3)N4)nc12)C(F)F. The summed E-state index contributed by atoms with van der Waals surface area (Å²) in [7, 11) is 0. The minimum atomic E-state index is -2.89. The van der Waals surface area contributed by atoms with Gasteiger partial charge in [-0.15, -0.1) is 11.3 Å². The van der Waals surface area contributed by atoms with Crippen LogP contribution in [0.1, 0.15) is 24.5 Å². The molecule has 142 valence electrons. The van der Waals surface area contributed by atoms with Gasteiger partial charge in [-0.1, -0.05) is 6.07 Å². The molecule has 0 spiro atoms. The molecule has 4 heterocycles. The smallest absolute Gasteiger partial charge is 0.298 e. The van der Waals surface area contributed by atoms with Crippen molar-refractivity contribution in [1.82, 2.24) is 15.3 Å². The maximum atomic E-state index is 13.2.